The van der Waals surface area contributed by atoms with E-state index >= 15 is 0 Å². The highest BCUT2D eigenvalue weighted by molar-refractivity contribution is 5.77. The van der Waals surface area contributed by atoms with Crippen molar-refractivity contribution >= 4 is 17.0 Å². The van der Waals surface area contributed by atoms with Gasteiger partial charge in [0.25, 0.3) is 0 Å². The van der Waals surface area contributed by atoms with Crippen molar-refractivity contribution in [2.75, 3.05) is 31.7 Å². The minimum absolute atomic E-state index is 0.704. The molecule has 96 valence electrons. The summed E-state index contributed by atoms with van der Waals surface area (Å²) in [5.74, 6) is 1.71. The predicted octanol–water partition coefficient (Wildman–Crippen LogP) is 2.43. The molecule has 18 heavy (non-hydrogen) atoms. The first-order chi connectivity index (χ1) is 8.86. The highest BCUT2D eigenvalue weighted by Crippen LogP contribution is 2.23. The van der Waals surface area contributed by atoms with E-state index in [1.54, 1.807) is 7.11 Å². The summed E-state index contributed by atoms with van der Waals surface area (Å²) < 4.78 is 5.23. The summed E-state index contributed by atoms with van der Waals surface area (Å²) in [5.41, 5.74) is 2.16. The van der Waals surface area contributed by atoms with Crippen molar-refractivity contribution in [1.29, 1.82) is 0 Å². The Labute approximate surface area is 107 Å². The third-order valence-electron chi connectivity index (χ3n) is 3.69. The van der Waals surface area contributed by atoms with Gasteiger partial charge in [0, 0.05) is 26.8 Å². The molecule has 1 aliphatic rings. The van der Waals surface area contributed by atoms with Gasteiger partial charge in [-0.25, -0.2) is 4.98 Å². The summed E-state index contributed by atoms with van der Waals surface area (Å²) in [4.78, 5) is 10.4. The summed E-state index contributed by atoms with van der Waals surface area (Å²) in [6.07, 6.45) is 2.37. The molecule has 4 heteroatoms. The Morgan fingerprint density at radius 1 is 1.33 bits per heavy atom. The van der Waals surface area contributed by atoms with Crippen LogP contribution in [0.25, 0.3) is 11.0 Å². The van der Waals surface area contributed by atoms with Crippen molar-refractivity contribution in [2.45, 2.75) is 12.8 Å². The number of hydrogen-bond acceptors (Lipinski definition) is 3. The van der Waals surface area contributed by atoms with Gasteiger partial charge in [0.05, 0.1) is 11.0 Å². The molecule has 3 rings (SSSR count). The van der Waals surface area contributed by atoms with Crippen LogP contribution in [0.5, 0.6) is 0 Å². The van der Waals surface area contributed by atoms with E-state index in [0.717, 1.165) is 36.7 Å². The number of H-pyrrole nitrogens is 1. The van der Waals surface area contributed by atoms with Crippen LogP contribution in [-0.2, 0) is 4.74 Å². The lowest BCUT2D eigenvalue weighted by Crippen LogP contribution is -2.35. The first-order valence-electron chi connectivity index (χ1n) is 6.55. The highest BCUT2D eigenvalue weighted by atomic mass is 16.5. The van der Waals surface area contributed by atoms with Gasteiger partial charge in [0.1, 0.15) is 0 Å². The molecular weight excluding hydrogens is 226 g/mol. The molecule has 0 amide bonds. The second-order valence-electron chi connectivity index (χ2n) is 4.96. The Hall–Kier alpha value is -1.55. The Kier molecular flexibility index (Phi) is 3.19. The number of fused-ring (bicyclic) bond motifs is 1. The predicted molar refractivity (Wildman–Crippen MR) is 72.9 cm³/mol. The van der Waals surface area contributed by atoms with Crippen LogP contribution in [0, 0.1) is 5.92 Å². The fraction of sp³-hybridized carbons (Fsp3) is 0.500. The second-order valence-corrected chi connectivity index (χ2v) is 4.96. The summed E-state index contributed by atoms with van der Waals surface area (Å²) >= 11 is 0. The van der Waals surface area contributed by atoms with Crippen LogP contribution >= 0.6 is 0 Å². The van der Waals surface area contributed by atoms with Crippen LogP contribution < -0.4 is 4.90 Å². The number of methoxy groups -OCH3 is 1. The van der Waals surface area contributed by atoms with Gasteiger partial charge in [-0.05, 0) is 30.9 Å². The van der Waals surface area contributed by atoms with Crippen LogP contribution in [0.3, 0.4) is 0 Å². The molecule has 0 unspecified atom stereocenters. The maximum atomic E-state index is 5.23. The van der Waals surface area contributed by atoms with E-state index in [0.29, 0.717) is 5.92 Å². The lowest BCUT2D eigenvalue weighted by atomic mass is 9.98. The topological polar surface area (TPSA) is 41.1 Å². The van der Waals surface area contributed by atoms with Crippen molar-refractivity contribution in [2.24, 2.45) is 5.92 Å². The number of piperidine rings is 1. The number of nitrogens with zero attached hydrogens (tertiary/aromatic N) is 2. The van der Waals surface area contributed by atoms with Crippen LogP contribution in [-0.4, -0.2) is 36.8 Å². The van der Waals surface area contributed by atoms with Crippen LogP contribution in [0.1, 0.15) is 12.8 Å². The number of hydrogen-bond donors (Lipinski definition) is 1. The van der Waals surface area contributed by atoms with Crippen molar-refractivity contribution in [3.8, 4) is 0 Å². The molecule has 0 atom stereocenters. The van der Waals surface area contributed by atoms with E-state index in [1.165, 1.54) is 12.8 Å². The Balaban J connectivity index is 1.72. The monoisotopic (exact) mass is 245 g/mol. The van der Waals surface area contributed by atoms with Crippen LogP contribution in [0.2, 0.25) is 0 Å². The highest BCUT2D eigenvalue weighted by Gasteiger charge is 2.21. The fourth-order valence-corrected chi connectivity index (χ4v) is 2.64. The van der Waals surface area contributed by atoms with Crippen molar-refractivity contribution in [1.82, 2.24) is 9.97 Å². The fourth-order valence-electron chi connectivity index (χ4n) is 2.64. The van der Waals surface area contributed by atoms with Crippen molar-refractivity contribution in [3.05, 3.63) is 24.3 Å². The number of para-hydroxylation sites is 2. The molecule has 1 fully saturated rings. The second kappa shape index (κ2) is 4.98. The standard InChI is InChI=1S/C14H19N3O/c1-18-10-11-6-8-17(9-7-11)14-15-12-4-2-3-5-13(12)16-14/h2-5,11H,6-10H2,1H3,(H,15,16). The van der Waals surface area contributed by atoms with Gasteiger partial charge in [-0.1, -0.05) is 12.1 Å². The first-order valence-corrected chi connectivity index (χ1v) is 6.55. The molecule has 1 aromatic heterocycles. The molecule has 4 nitrogen and oxygen atoms in total. The van der Waals surface area contributed by atoms with Gasteiger partial charge in [-0.3, -0.25) is 0 Å². The average molecular weight is 245 g/mol. The van der Waals surface area contributed by atoms with Crippen molar-refractivity contribution in [3.63, 3.8) is 0 Å². The Bertz CT molecular complexity index is 481. The molecule has 2 heterocycles. The Morgan fingerprint density at radius 3 is 2.83 bits per heavy atom. The largest absolute Gasteiger partial charge is 0.384 e. The number of nitrogens with one attached hydrogen (secondary N) is 1. The molecule has 0 radical (unpaired) electrons. The number of imidazole rings is 1. The lowest BCUT2D eigenvalue weighted by Gasteiger charge is -2.31. The number of aromatic amines is 1. The van der Waals surface area contributed by atoms with Crippen LogP contribution in [0.15, 0.2) is 24.3 Å². The minimum Gasteiger partial charge on any atom is -0.384 e. The normalized spacial score (nSPS) is 17.5. The van der Waals surface area contributed by atoms with Gasteiger partial charge in [-0.15, -0.1) is 0 Å². The molecule has 0 spiro atoms. The van der Waals surface area contributed by atoms with Gasteiger partial charge >= 0.3 is 0 Å². The summed E-state index contributed by atoms with van der Waals surface area (Å²) in [7, 11) is 1.78. The molecule has 1 aromatic carbocycles. The smallest absolute Gasteiger partial charge is 0.203 e. The SMILES string of the molecule is COCC1CCN(c2nc3ccccc3[nH]2)CC1. The summed E-state index contributed by atoms with van der Waals surface area (Å²) in [6, 6.07) is 8.18. The number of benzene rings is 1. The van der Waals surface area contributed by atoms with Crippen LogP contribution in [0.4, 0.5) is 5.95 Å². The third kappa shape index (κ3) is 2.20. The molecule has 1 saturated heterocycles. The van der Waals surface area contributed by atoms with E-state index in [-0.39, 0.29) is 0 Å². The van der Waals surface area contributed by atoms with E-state index in [1.807, 2.05) is 18.2 Å². The molecular formula is C14H19N3O. The third-order valence-corrected chi connectivity index (χ3v) is 3.69. The zero-order chi connectivity index (χ0) is 12.4. The summed E-state index contributed by atoms with van der Waals surface area (Å²) in [6.45, 7) is 3.01. The zero-order valence-electron chi connectivity index (χ0n) is 10.7. The number of rotatable bonds is 3. The number of aromatic nitrogens is 2. The molecule has 0 bridgehead atoms. The van der Waals surface area contributed by atoms with Gasteiger partial charge in [0.15, 0.2) is 0 Å². The van der Waals surface area contributed by atoms with E-state index in [9.17, 15) is 0 Å². The summed E-state index contributed by atoms with van der Waals surface area (Å²) in [5, 5.41) is 0. The Morgan fingerprint density at radius 2 is 2.11 bits per heavy atom. The molecule has 2 aromatic rings. The quantitative estimate of drug-likeness (QED) is 0.903. The molecule has 0 saturated carbocycles. The molecule has 1 aliphatic heterocycles. The first kappa shape index (κ1) is 11.5. The number of ether oxygens (including phenoxy) is 1. The van der Waals surface area contributed by atoms with Gasteiger partial charge in [-0.2, -0.15) is 0 Å². The van der Waals surface area contributed by atoms with Crippen molar-refractivity contribution < 1.29 is 4.74 Å². The molecule has 0 aliphatic carbocycles. The van der Waals surface area contributed by atoms with Gasteiger partial charge < -0.3 is 14.6 Å². The lowest BCUT2D eigenvalue weighted by molar-refractivity contribution is 0.139. The van der Waals surface area contributed by atoms with Gasteiger partial charge in [0.2, 0.25) is 5.95 Å². The van der Waals surface area contributed by atoms with E-state index in [2.05, 4.69) is 20.9 Å². The average Bonchev–Trinajstić information content (AvgIpc) is 2.84. The molecule has 1 N–H and O–H groups in total. The minimum atomic E-state index is 0.704. The zero-order valence-corrected chi connectivity index (χ0v) is 10.7. The van der Waals surface area contributed by atoms with E-state index in [4.69, 9.17) is 4.74 Å². The maximum absolute atomic E-state index is 5.23. The maximum Gasteiger partial charge on any atom is 0.203 e. The number of anilines is 1. The van der Waals surface area contributed by atoms with E-state index < -0.39 is 0 Å².